The van der Waals surface area contributed by atoms with Gasteiger partial charge in [-0.2, -0.15) is 0 Å². The molecule has 0 radical (unpaired) electrons. The summed E-state index contributed by atoms with van der Waals surface area (Å²) >= 11 is 12.5. The van der Waals surface area contributed by atoms with E-state index in [4.69, 9.17) is 33.7 Å². The van der Waals surface area contributed by atoms with Crippen LogP contribution in [0.15, 0.2) is 6.07 Å². The molecule has 0 bridgehead atoms. The van der Waals surface area contributed by atoms with Crippen molar-refractivity contribution < 1.29 is 14.6 Å². The van der Waals surface area contributed by atoms with E-state index in [0.29, 0.717) is 17.7 Å². The fourth-order valence-corrected chi connectivity index (χ4v) is 3.25. The van der Waals surface area contributed by atoms with Crippen LogP contribution in [0.1, 0.15) is 38.0 Å². The van der Waals surface area contributed by atoms with E-state index in [1.54, 1.807) is 6.07 Å². The molecule has 2 atom stereocenters. The van der Waals surface area contributed by atoms with E-state index >= 15 is 0 Å². The van der Waals surface area contributed by atoms with Crippen LogP contribution < -0.4 is 10.5 Å². The van der Waals surface area contributed by atoms with E-state index in [1.807, 2.05) is 6.92 Å². The maximum absolute atomic E-state index is 10.8. The average molecular weight is 332 g/mol. The minimum Gasteiger partial charge on any atom is -0.482 e. The number of primary amides is 1. The van der Waals surface area contributed by atoms with Gasteiger partial charge in [-0.15, -0.1) is 0 Å². The summed E-state index contributed by atoms with van der Waals surface area (Å²) in [5.74, 6) is -0.00102. The van der Waals surface area contributed by atoms with E-state index in [0.717, 1.165) is 5.56 Å². The molecule has 2 rings (SSSR count). The maximum Gasteiger partial charge on any atom is 0.255 e. The second-order valence-corrected chi connectivity index (χ2v) is 6.83. The fourth-order valence-electron chi connectivity index (χ4n) is 2.72. The molecular weight excluding hydrogens is 313 g/mol. The highest BCUT2D eigenvalue weighted by atomic mass is 35.5. The molecule has 0 spiro atoms. The minimum atomic E-state index is -0.678. The van der Waals surface area contributed by atoms with Crippen molar-refractivity contribution in [2.45, 2.75) is 33.3 Å². The maximum atomic E-state index is 10.8. The molecule has 0 heterocycles. The van der Waals surface area contributed by atoms with Gasteiger partial charge in [0, 0.05) is 11.0 Å². The molecule has 1 amide bonds. The van der Waals surface area contributed by atoms with E-state index in [-0.39, 0.29) is 28.0 Å². The summed E-state index contributed by atoms with van der Waals surface area (Å²) in [5, 5.41) is 11.1. The van der Waals surface area contributed by atoms with Crippen LogP contribution in [-0.2, 0) is 11.2 Å². The molecule has 0 aromatic heterocycles. The molecule has 1 aliphatic carbocycles. The lowest BCUT2D eigenvalue weighted by molar-refractivity contribution is -0.119. The van der Waals surface area contributed by atoms with Crippen LogP contribution in [0.25, 0.3) is 0 Å². The summed E-state index contributed by atoms with van der Waals surface area (Å²) < 4.78 is 5.30. The quantitative estimate of drug-likeness (QED) is 0.890. The van der Waals surface area contributed by atoms with E-state index in [9.17, 15) is 9.90 Å². The summed E-state index contributed by atoms with van der Waals surface area (Å²) in [6.45, 7) is 5.89. The average Bonchev–Trinajstić information content (AvgIpc) is 2.65. The third kappa shape index (κ3) is 2.72. The Morgan fingerprint density at radius 1 is 1.52 bits per heavy atom. The van der Waals surface area contributed by atoms with Gasteiger partial charge in [0.2, 0.25) is 0 Å². The smallest absolute Gasteiger partial charge is 0.255 e. The van der Waals surface area contributed by atoms with Gasteiger partial charge in [0.1, 0.15) is 10.8 Å². The molecule has 0 saturated carbocycles. The van der Waals surface area contributed by atoms with Crippen molar-refractivity contribution in [2.24, 2.45) is 17.1 Å². The second kappa shape index (κ2) is 5.67. The van der Waals surface area contributed by atoms with Crippen molar-refractivity contribution in [1.82, 2.24) is 0 Å². The Bertz CT molecular complexity index is 589. The van der Waals surface area contributed by atoms with Gasteiger partial charge >= 0.3 is 0 Å². The Morgan fingerprint density at radius 2 is 2.14 bits per heavy atom. The molecule has 1 aromatic carbocycles. The highest BCUT2D eigenvalue weighted by Crippen LogP contribution is 2.54. The largest absolute Gasteiger partial charge is 0.482 e. The number of aliphatic hydroxyl groups excluding tert-OH is 1. The summed E-state index contributed by atoms with van der Waals surface area (Å²) in [7, 11) is 0. The lowest BCUT2D eigenvalue weighted by atomic mass is 9.75. The van der Waals surface area contributed by atoms with Crippen LogP contribution in [-0.4, -0.2) is 17.6 Å². The van der Waals surface area contributed by atoms with Gasteiger partial charge in [0.05, 0.1) is 11.1 Å². The van der Waals surface area contributed by atoms with Gasteiger partial charge < -0.3 is 15.6 Å². The zero-order chi connectivity index (χ0) is 15.9. The highest BCUT2D eigenvalue weighted by Gasteiger charge is 2.45. The molecule has 0 fully saturated rings. The topological polar surface area (TPSA) is 72.5 Å². The first kappa shape index (κ1) is 16.4. The number of nitrogens with two attached hydrogens (primary N) is 1. The molecule has 2 unspecified atom stereocenters. The van der Waals surface area contributed by atoms with Crippen LogP contribution in [0.3, 0.4) is 0 Å². The van der Waals surface area contributed by atoms with E-state index in [2.05, 4.69) is 13.8 Å². The van der Waals surface area contributed by atoms with Gasteiger partial charge in [-0.25, -0.2) is 0 Å². The minimum absolute atomic E-state index is 0.198. The molecule has 0 aliphatic heterocycles. The van der Waals surface area contributed by atoms with Crippen LogP contribution >= 0.6 is 23.2 Å². The second-order valence-electron chi connectivity index (χ2n) is 6.07. The van der Waals surface area contributed by atoms with Gasteiger partial charge in [0.15, 0.2) is 6.61 Å². The lowest BCUT2D eigenvalue weighted by Crippen LogP contribution is -2.28. The van der Waals surface area contributed by atoms with Crippen molar-refractivity contribution in [3.63, 3.8) is 0 Å². The SMILES string of the molecule is CC(C)C1(C)Cc2cc(OCC(N)=O)c(Cl)c(Cl)c2C1O. The number of hydrogen-bond donors (Lipinski definition) is 2. The molecule has 4 nitrogen and oxygen atoms in total. The number of rotatable bonds is 4. The molecule has 21 heavy (non-hydrogen) atoms. The van der Waals surface area contributed by atoms with Crippen molar-refractivity contribution >= 4 is 29.1 Å². The monoisotopic (exact) mass is 331 g/mol. The molecule has 1 aliphatic rings. The van der Waals surface area contributed by atoms with Gasteiger partial charge in [-0.05, 0) is 24.0 Å². The van der Waals surface area contributed by atoms with E-state index < -0.39 is 12.0 Å². The van der Waals surface area contributed by atoms with Crippen LogP contribution in [0, 0.1) is 11.3 Å². The number of ether oxygens (including phenoxy) is 1. The fraction of sp³-hybridized carbons (Fsp3) is 0.533. The van der Waals surface area contributed by atoms with Gasteiger partial charge in [-0.1, -0.05) is 44.0 Å². The summed E-state index contributed by atoms with van der Waals surface area (Å²) in [6, 6.07) is 1.74. The summed E-state index contributed by atoms with van der Waals surface area (Å²) in [4.78, 5) is 10.8. The first-order chi connectivity index (χ1) is 9.68. The Kier molecular flexibility index (Phi) is 4.43. The number of aliphatic hydroxyl groups is 1. The van der Waals surface area contributed by atoms with Crippen LogP contribution in [0.2, 0.25) is 10.0 Å². The van der Waals surface area contributed by atoms with Crippen molar-refractivity contribution in [2.75, 3.05) is 6.61 Å². The van der Waals surface area contributed by atoms with Crippen LogP contribution in [0.4, 0.5) is 0 Å². The van der Waals surface area contributed by atoms with Gasteiger partial charge in [-0.3, -0.25) is 4.79 Å². The Balaban J connectivity index is 2.45. The standard InChI is InChI=1S/C15H19Cl2NO3/c1-7(2)15(3)5-8-4-9(21-6-10(18)19)12(16)13(17)11(8)14(15)20/h4,7,14,20H,5-6H2,1-3H3,(H2,18,19). The van der Waals surface area contributed by atoms with Gasteiger partial charge in [0.25, 0.3) is 5.91 Å². The highest BCUT2D eigenvalue weighted by molar-refractivity contribution is 6.43. The zero-order valence-corrected chi connectivity index (χ0v) is 13.8. The molecular formula is C15H19Cl2NO3. The predicted molar refractivity (Wildman–Crippen MR) is 82.8 cm³/mol. The predicted octanol–water partition coefficient (Wildman–Crippen LogP) is 3.11. The number of fused-ring (bicyclic) bond motifs is 1. The Hall–Kier alpha value is -0.970. The number of amides is 1. The number of hydrogen-bond acceptors (Lipinski definition) is 3. The lowest BCUT2D eigenvalue weighted by Gasteiger charge is -2.32. The molecule has 3 N–H and O–H groups in total. The molecule has 0 saturated heterocycles. The van der Waals surface area contributed by atoms with Crippen LogP contribution in [0.5, 0.6) is 5.75 Å². The number of halogens is 2. The zero-order valence-electron chi connectivity index (χ0n) is 12.2. The number of carbonyl (C=O) groups excluding carboxylic acids is 1. The van der Waals surface area contributed by atoms with E-state index in [1.165, 1.54) is 0 Å². The molecule has 6 heteroatoms. The number of carbonyl (C=O) groups is 1. The Labute approximate surface area is 134 Å². The summed E-state index contributed by atoms with van der Waals surface area (Å²) in [5.41, 5.74) is 6.31. The normalized spacial score (nSPS) is 24.2. The number of benzene rings is 1. The first-order valence-electron chi connectivity index (χ1n) is 6.78. The third-order valence-electron chi connectivity index (χ3n) is 4.46. The van der Waals surface area contributed by atoms with Crippen molar-refractivity contribution in [3.8, 4) is 5.75 Å². The molecule has 1 aromatic rings. The molecule has 116 valence electrons. The third-order valence-corrected chi connectivity index (χ3v) is 5.32. The van der Waals surface area contributed by atoms with Crippen molar-refractivity contribution in [1.29, 1.82) is 0 Å². The Morgan fingerprint density at radius 3 is 2.67 bits per heavy atom. The first-order valence-corrected chi connectivity index (χ1v) is 7.54. The van der Waals surface area contributed by atoms with Crippen molar-refractivity contribution in [3.05, 3.63) is 27.2 Å². The summed E-state index contributed by atoms with van der Waals surface area (Å²) in [6.07, 6.45) is -0.00645.